The second-order valence-corrected chi connectivity index (χ2v) is 5.53. The van der Waals surface area contributed by atoms with Crippen molar-refractivity contribution >= 4 is 11.9 Å². The first-order valence-electron chi connectivity index (χ1n) is 8.45. The van der Waals surface area contributed by atoms with Crippen LogP contribution in [-0.4, -0.2) is 19.7 Å². The smallest absolute Gasteiger partial charge is 0.400 e. The molecule has 0 saturated heterocycles. The van der Waals surface area contributed by atoms with E-state index in [4.69, 9.17) is 5.73 Å². The van der Waals surface area contributed by atoms with Crippen LogP contribution in [0, 0.1) is 50.2 Å². The molecule has 0 bridgehead atoms. The Morgan fingerprint density at radius 3 is 2.67 bits per heavy atom. The number of benzene rings is 1. The third-order valence-electron chi connectivity index (χ3n) is 3.29. The number of aryl methyl sites for hydroxylation is 1. The normalized spacial score (nSPS) is 10.1. The summed E-state index contributed by atoms with van der Waals surface area (Å²) in [6, 6.07) is 11.1. The van der Waals surface area contributed by atoms with Gasteiger partial charge >= 0.3 is 31.1 Å². The molecule has 5 nitrogen and oxygen atoms in total. The Balaban J connectivity index is 0.00000118. The van der Waals surface area contributed by atoms with E-state index in [1.807, 2.05) is 39.1 Å². The minimum atomic E-state index is 0. The molecule has 3 rings (SSSR count). The standard InChI is InChI=1S/C19H17N5.C2H6.U/c1-13(2)7-8-17-10-18(20)23-19(22-17)24-12-16(11-21-24)15-6-4-5-14(3)9-15;1-2;/h4-6,8-9,11-12H,1H2,2-3H3,(H2,20,22,23);1-2H3;/q-2;;+2. The Hall–Kier alpha value is -2.16. The van der Waals surface area contributed by atoms with E-state index in [-0.39, 0.29) is 36.9 Å². The summed E-state index contributed by atoms with van der Waals surface area (Å²) in [6.07, 6.45) is 8.31. The molecule has 1 aromatic carbocycles. The van der Waals surface area contributed by atoms with Gasteiger partial charge in [-0.2, -0.15) is 22.9 Å². The zero-order valence-electron chi connectivity index (χ0n) is 16.1. The second kappa shape index (κ2) is 10.9. The van der Waals surface area contributed by atoms with Gasteiger partial charge in [-0.25, -0.2) is 15.7 Å². The number of nitrogens with zero attached hydrogens (tertiary/aromatic N) is 4. The predicted molar refractivity (Wildman–Crippen MR) is 106 cm³/mol. The van der Waals surface area contributed by atoms with E-state index in [1.165, 1.54) is 5.56 Å². The van der Waals surface area contributed by atoms with Gasteiger partial charge in [0.15, 0.2) is 0 Å². The monoisotopic (exact) mass is 583 g/mol. The first kappa shape index (κ1) is 22.9. The van der Waals surface area contributed by atoms with Crippen LogP contribution in [0.5, 0.6) is 0 Å². The molecule has 0 amide bonds. The molecule has 0 saturated carbocycles. The third kappa shape index (κ3) is 6.50. The Kier molecular flexibility index (Phi) is 9.21. The van der Waals surface area contributed by atoms with E-state index in [2.05, 4.69) is 52.8 Å². The summed E-state index contributed by atoms with van der Waals surface area (Å²) in [5.41, 5.74) is 10.4. The van der Waals surface area contributed by atoms with Crippen molar-refractivity contribution in [1.29, 1.82) is 0 Å². The van der Waals surface area contributed by atoms with Crippen molar-refractivity contribution in [3.05, 3.63) is 72.2 Å². The minimum absolute atomic E-state index is 0. The SMILES string of the molecule is C=C(C)[C-]=Cc1[c-]c(N)nc(-n2cc(-c3cccc(C)c3)cn2)n1.CC.[U+2]. The molecular formula is C21H23N5U. The molecule has 0 aliphatic rings. The number of nitrogens with two attached hydrogens (primary N) is 1. The summed E-state index contributed by atoms with van der Waals surface area (Å²) in [4.78, 5) is 8.59. The maximum atomic E-state index is 5.82. The summed E-state index contributed by atoms with van der Waals surface area (Å²) in [6.45, 7) is 11.7. The Morgan fingerprint density at radius 2 is 2.00 bits per heavy atom. The molecule has 0 spiro atoms. The molecule has 136 valence electrons. The van der Waals surface area contributed by atoms with E-state index in [9.17, 15) is 0 Å². The number of allylic oxidation sites excluding steroid dienone is 2. The van der Waals surface area contributed by atoms with E-state index in [0.717, 1.165) is 16.7 Å². The molecule has 2 N–H and O–H groups in total. The van der Waals surface area contributed by atoms with Crippen LogP contribution in [0.1, 0.15) is 32.0 Å². The minimum Gasteiger partial charge on any atom is -0.400 e. The van der Waals surface area contributed by atoms with Gasteiger partial charge in [0.05, 0.1) is 6.20 Å². The average Bonchev–Trinajstić information content (AvgIpc) is 3.11. The van der Waals surface area contributed by atoms with Gasteiger partial charge in [-0.3, -0.25) is 6.08 Å². The summed E-state index contributed by atoms with van der Waals surface area (Å²) < 4.78 is 1.60. The average molecular weight is 583 g/mol. The van der Waals surface area contributed by atoms with Gasteiger partial charge in [0.25, 0.3) is 0 Å². The molecule has 0 fully saturated rings. The predicted octanol–water partition coefficient (Wildman–Crippen LogP) is 4.44. The number of anilines is 1. The van der Waals surface area contributed by atoms with Crippen molar-refractivity contribution in [1.82, 2.24) is 19.7 Å². The first-order valence-corrected chi connectivity index (χ1v) is 8.45. The topological polar surface area (TPSA) is 69.6 Å². The summed E-state index contributed by atoms with van der Waals surface area (Å²) in [7, 11) is 0. The Labute approximate surface area is 184 Å². The molecule has 0 unspecified atom stereocenters. The molecule has 3 aromatic rings. The quantitative estimate of drug-likeness (QED) is 0.365. The number of hydrogen-bond acceptors (Lipinski definition) is 4. The van der Waals surface area contributed by atoms with Crippen LogP contribution in [0.2, 0.25) is 0 Å². The van der Waals surface area contributed by atoms with Crippen molar-refractivity contribution in [2.45, 2.75) is 27.7 Å². The van der Waals surface area contributed by atoms with Gasteiger partial charge in [-0.05, 0) is 12.5 Å². The Morgan fingerprint density at radius 1 is 1.26 bits per heavy atom. The van der Waals surface area contributed by atoms with Crippen LogP contribution in [0.3, 0.4) is 0 Å². The molecule has 6 heteroatoms. The van der Waals surface area contributed by atoms with Crippen molar-refractivity contribution in [2.24, 2.45) is 0 Å². The maximum Gasteiger partial charge on any atom is 2.00 e. The fourth-order valence-electron chi connectivity index (χ4n) is 2.20. The van der Waals surface area contributed by atoms with E-state index >= 15 is 0 Å². The van der Waals surface area contributed by atoms with Crippen LogP contribution in [0.25, 0.3) is 23.2 Å². The van der Waals surface area contributed by atoms with Crippen LogP contribution in [-0.2, 0) is 0 Å². The van der Waals surface area contributed by atoms with E-state index < -0.39 is 0 Å². The number of rotatable bonds is 4. The van der Waals surface area contributed by atoms with Crippen LogP contribution in [0.15, 0.2) is 48.8 Å². The van der Waals surface area contributed by atoms with Gasteiger partial charge in [-0.1, -0.05) is 50.6 Å². The first-order chi connectivity index (χ1) is 12.5. The fraction of sp³-hybridized carbons (Fsp3) is 0.190. The fourth-order valence-corrected chi connectivity index (χ4v) is 2.20. The van der Waals surface area contributed by atoms with Crippen molar-refractivity contribution in [2.75, 3.05) is 5.73 Å². The largest absolute Gasteiger partial charge is 2.00 e. The number of aromatic nitrogens is 4. The van der Waals surface area contributed by atoms with Crippen molar-refractivity contribution in [3.63, 3.8) is 0 Å². The summed E-state index contributed by atoms with van der Waals surface area (Å²) in [5.74, 6) is 0.641. The van der Waals surface area contributed by atoms with Crippen LogP contribution < -0.4 is 5.73 Å². The zero-order valence-corrected chi connectivity index (χ0v) is 20.3. The van der Waals surface area contributed by atoms with Gasteiger partial charge in [0, 0.05) is 17.6 Å². The molecule has 2 aromatic heterocycles. The molecule has 2 heterocycles. The van der Waals surface area contributed by atoms with Gasteiger partial charge in [0.1, 0.15) is 0 Å². The van der Waals surface area contributed by atoms with E-state index in [0.29, 0.717) is 11.6 Å². The van der Waals surface area contributed by atoms with Gasteiger partial charge in [-0.15, -0.1) is 0 Å². The summed E-state index contributed by atoms with van der Waals surface area (Å²) in [5, 5.41) is 4.34. The summed E-state index contributed by atoms with van der Waals surface area (Å²) >= 11 is 0. The van der Waals surface area contributed by atoms with Crippen LogP contribution in [0.4, 0.5) is 5.82 Å². The molecule has 27 heavy (non-hydrogen) atoms. The van der Waals surface area contributed by atoms with Crippen molar-refractivity contribution < 1.29 is 31.1 Å². The number of nitrogen functional groups attached to an aromatic ring is 1. The molecule has 0 aliphatic heterocycles. The maximum absolute atomic E-state index is 5.82. The van der Waals surface area contributed by atoms with Crippen LogP contribution >= 0.6 is 0 Å². The van der Waals surface area contributed by atoms with Gasteiger partial charge < -0.3 is 16.8 Å². The molecular weight excluding hydrogens is 560 g/mol. The second-order valence-electron chi connectivity index (χ2n) is 5.53. The number of hydrogen-bond donors (Lipinski definition) is 1. The van der Waals surface area contributed by atoms with Crippen molar-refractivity contribution in [3.8, 4) is 17.1 Å². The third-order valence-corrected chi connectivity index (χ3v) is 3.29. The Bertz CT molecular complexity index is 928. The molecule has 0 aliphatic carbocycles. The molecule has 0 atom stereocenters. The van der Waals surface area contributed by atoms with Gasteiger partial charge in [0.2, 0.25) is 5.95 Å². The zero-order chi connectivity index (χ0) is 19.1. The molecule has 0 radical (unpaired) electrons. The van der Waals surface area contributed by atoms with E-state index in [1.54, 1.807) is 17.0 Å².